The molecule has 0 amide bonds. The lowest BCUT2D eigenvalue weighted by Crippen LogP contribution is -2.13. The molecule has 14 heavy (non-hydrogen) atoms. The minimum Gasteiger partial charge on any atom is -0.478 e. The molecular weight excluding hydrogens is 206 g/mol. The molecule has 0 aliphatic heterocycles. The largest absolute Gasteiger partial charge is 0.478 e. The average molecular weight is 215 g/mol. The second-order valence-corrected chi connectivity index (χ2v) is 3.38. The highest BCUT2D eigenvalue weighted by Crippen LogP contribution is 2.07. The number of carboxylic acid groups (broad SMARTS) is 1. The fraction of sp³-hybridized carbons (Fsp3) is 0.125. The van der Waals surface area contributed by atoms with Gasteiger partial charge in [-0.25, -0.2) is 17.9 Å². The third-order valence-corrected chi connectivity index (χ3v) is 2.06. The average Bonchev–Trinajstić information content (AvgIpc) is 2.15. The van der Waals surface area contributed by atoms with Crippen LogP contribution in [-0.4, -0.2) is 19.5 Å². The summed E-state index contributed by atoms with van der Waals surface area (Å²) in [6.45, 7) is 0.00117. The molecule has 0 saturated heterocycles. The van der Waals surface area contributed by atoms with E-state index in [-0.39, 0.29) is 12.1 Å². The van der Waals surface area contributed by atoms with Gasteiger partial charge >= 0.3 is 5.97 Å². The molecule has 1 aromatic rings. The summed E-state index contributed by atoms with van der Waals surface area (Å²) >= 11 is 0. The first-order valence-electron chi connectivity index (χ1n) is 3.80. The number of hydrogen-bond acceptors (Lipinski definition) is 3. The van der Waals surface area contributed by atoms with Crippen LogP contribution in [-0.2, 0) is 17.4 Å². The standard InChI is InChI=1S/C8H9NO4S/c10-8(11)7-4-2-1-3-6(7)5-9-14(12)13/h1-4,14H,5H2,(H,10,11)(H,9,12,13). The molecule has 0 unspecified atom stereocenters. The summed E-state index contributed by atoms with van der Waals surface area (Å²) in [5.74, 6) is -1.07. The Morgan fingerprint density at radius 1 is 1.36 bits per heavy atom. The number of carbonyl (C=O) groups is 1. The molecule has 5 nitrogen and oxygen atoms in total. The molecule has 0 aliphatic carbocycles. The number of benzene rings is 1. The second kappa shape index (κ2) is 4.73. The summed E-state index contributed by atoms with van der Waals surface area (Å²) in [5.41, 5.74) is 0.552. The highest BCUT2D eigenvalue weighted by Gasteiger charge is 2.07. The van der Waals surface area contributed by atoms with Gasteiger partial charge in [0.2, 0.25) is 10.9 Å². The third kappa shape index (κ3) is 2.82. The van der Waals surface area contributed by atoms with Crippen LogP contribution < -0.4 is 4.72 Å². The first kappa shape index (κ1) is 10.7. The number of carboxylic acids is 1. The lowest BCUT2D eigenvalue weighted by Gasteiger charge is -2.03. The molecule has 1 aromatic carbocycles. The van der Waals surface area contributed by atoms with Crippen LogP contribution in [0.4, 0.5) is 0 Å². The van der Waals surface area contributed by atoms with E-state index in [0.29, 0.717) is 5.56 Å². The molecule has 1 rings (SSSR count). The van der Waals surface area contributed by atoms with E-state index in [0.717, 1.165) is 0 Å². The minimum atomic E-state index is -2.70. The Balaban J connectivity index is 2.90. The zero-order valence-electron chi connectivity index (χ0n) is 7.14. The zero-order valence-corrected chi connectivity index (χ0v) is 8.03. The van der Waals surface area contributed by atoms with Crippen LogP contribution in [0.3, 0.4) is 0 Å². The number of aromatic carboxylic acids is 1. The second-order valence-electron chi connectivity index (χ2n) is 2.55. The van der Waals surface area contributed by atoms with Gasteiger partial charge in [0.1, 0.15) is 0 Å². The summed E-state index contributed by atoms with van der Waals surface area (Å²) in [5, 5.41) is 8.75. The van der Waals surface area contributed by atoms with Gasteiger partial charge in [0.15, 0.2) is 0 Å². The van der Waals surface area contributed by atoms with E-state index in [4.69, 9.17) is 5.11 Å². The molecule has 6 heteroatoms. The van der Waals surface area contributed by atoms with Crippen LogP contribution in [0.1, 0.15) is 15.9 Å². The topological polar surface area (TPSA) is 83.5 Å². The van der Waals surface area contributed by atoms with E-state index in [9.17, 15) is 13.2 Å². The van der Waals surface area contributed by atoms with Crippen LogP contribution in [0.2, 0.25) is 0 Å². The molecule has 2 N–H and O–H groups in total. The van der Waals surface area contributed by atoms with E-state index in [1.807, 2.05) is 0 Å². The Labute approximate surface area is 82.5 Å². The summed E-state index contributed by atoms with van der Waals surface area (Å²) in [4.78, 5) is 10.7. The quantitative estimate of drug-likeness (QED) is 0.617. The van der Waals surface area contributed by atoms with E-state index in [1.165, 1.54) is 6.07 Å². The molecule has 0 saturated carbocycles. The van der Waals surface area contributed by atoms with Crippen LogP contribution >= 0.6 is 0 Å². The van der Waals surface area contributed by atoms with Crippen LogP contribution in [0.5, 0.6) is 0 Å². The van der Waals surface area contributed by atoms with E-state index < -0.39 is 16.9 Å². The Hall–Kier alpha value is -1.40. The Bertz CT molecular complexity index is 406. The molecule has 0 bridgehead atoms. The Morgan fingerprint density at radius 3 is 2.57 bits per heavy atom. The van der Waals surface area contributed by atoms with Crippen molar-refractivity contribution in [3.63, 3.8) is 0 Å². The molecule has 0 aromatic heterocycles. The lowest BCUT2D eigenvalue weighted by molar-refractivity contribution is 0.0695. The van der Waals surface area contributed by atoms with Gasteiger partial charge in [-0.15, -0.1) is 0 Å². The van der Waals surface area contributed by atoms with Gasteiger partial charge in [-0.2, -0.15) is 0 Å². The first-order chi connectivity index (χ1) is 6.61. The van der Waals surface area contributed by atoms with E-state index in [1.54, 1.807) is 18.2 Å². The summed E-state index contributed by atoms with van der Waals surface area (Å²) in [6.07, 6.45) is 0. The van der Waals surface area contributed by atoms with E-state index in [2.05, 4.69) is 4.72 Å². The van der Waals surface area contributed by atoms with Gasteiger partial charge in [-0.1, -0.05) is 18.2 Å². The Kier molecular flexibility index (Phi) is 3.61. The maximum atomic E-state index is 10.7. The van der Waals surface area contributed by atoms with Crippen molar-refractivity contribution >= 4 is 16.9 Å². The smallest absolute Gasteiger partial charge is 0.336 e. The maximum Gasteiger partial charge on any atom is 0.336 e. The highest BCUT2D eigenvalue weighted by molar-refractivity contribution is 7.70. The van der Waals surface area contributed by atoms with Gasteiger partial charge in [-0.3, -0.25) is 0 Å². The summed E-state index contributed by atoms with van der Waals surface area (Å²) in [7, 11) is -2.70. The predicted molar refractivity (Wildman–Crippen MR) is 50.6 cm³/mol. The number of rotatable bonds is 4. The van der Waals surface area contributed by atoms with Gasteiger partial charge in [-0.05, 0) is 11.6 Å². The number of nitrogens with one attached hydrogen (secondary N) is 1. The van der Waals surface area contributed by atoms with Crippen molar-refractivity contribution in [2.45, 2.75) is 6.54 Å². The summed E-state index contributed by atoms with van der Waals surface area (Å²) < 4.78 is 22.6. The van der Waals surface area contributed by atoms with E-state index >= 15 is 0 Å². The first-order valence-corrected chi connectivity index (χ1v) is 4.98. The number of hydrogen-bond donors (Lipinski definition) is 3. The maximum absolute atomic E-state index is 10.7. The fourth-order valence-corrected chi connectivity index (χ4v) is 1.33. The van der Waals surface area contributed by atoms with Gasteiger partial charge < -0.3 is 5.11 Å². The van der Waals surface area contributed by atoms with Crippen molar-refractivity contribution < 1.29 is 18.3 Å². The van der Waals surface area contributed by atoms with Crippen molar-refractivity contribution in [3.8, 4) is 0 Å². The number of thiol groups is 1. The van der Waals surface area contributed by atoms with Crippen molar-refractivity contribution in [1.29, 1.82) is 0 Å². The van der Waals surface area contributed by atoms with Crippen LogP contribution in [0.15, 0.2) is 24.3 Å². The fourth-order valence-electron chi connectivity index (χ4n) is 1.03. The van der Waals surface area contributed by atoms with Gasteiger partial charge in [0, 0.05) is 6.54 Å². The normalized spacial score (nSPS) is 10.4. The Morgan fingerprint density at radius 2 is 2.00 bits per heavy atom. The molecular formula is C8H9NO4S. The molecule has 0 radical (unpaired) electrons. The predicted octanol–water partition coefficient (Wildman–Crippen LogP) is 0.000800. The SMILES string of the molecule is O=C(O)c1ccccc1CN[SH](=O)=O. The van der Waals surface area contributed by atoms with Crippen molar-refractivity contribution in [2.75, 3.05) is 0 Å². The lowest BCUT2D eigenvalue weighted by atomic mass is 10.1. The van der Waals surface area contributed by atoms with Gasteiger partial charge in [0.05, 0.1) is 5.56 Å². The van der Waals surface area contributed by atoms with Crippen molar-refractivity contribution in [3.05, 3.63) is 35.4 Å². The molecule has 0 spiro atoms. The monoisotopic (exact) mass is 215 g/mol. The third-order valence-electron chi connectivity index (χ3n) is 1.65. The molecule has 0 fully saturated rings. The summed E-state index contributed by atoms with van der Waals surface area (Å²) in [6, 6.07) is 6.23. The van der Waals surface area contributed by atoms with Crippen LogP contribution in [0.25, 0.3) is 0 Å². The molecule has 0 aliphatic rings. The zero-order chi connectivity index (χ0) is 10.6. The highest BCUT2D eigenvalue weighted by atomic mass is 32.2. The van der Waals surface area contributed by atoms with Gasteiger partial charge in [0.25, 0.3) is 0 Å². The minimum absolute atomic E-state index is 0.00117. The molecule has 0 heterocycles. The van der Waals surface area contributed by atoms with Crippen LogP contribution in [0, 0.1) is 0 Å². The molecule has 0 atom stereocenters. The van der Waals surface area contributed by atoms with Crippen molar-refractivity contribution in [2.24, 2.45) is 0 Å². The van der Waals surface area contributed by atoms with Crippen molar-refractivity contribution in [1.82, 2.24) is 4.72 Å². The molecule has 76 valence electrons.